The van der Waals surface area contributed by atoms with Crippen molar-refractivity contribution < 1.29 is 17.9 Å². The van der Waals surface area contributed by atoms with Crippen molar-refractivity contribution in [3.63, 3.8) is 0 Å². The van der Waals surface area contributed by atoms with Crippen LogP contribution in [0.3, 0.4) is 0 Å². The Balaban J connectivity index is 1.50. The van der Waals surface area contributed by atoms with Gasteiger partial charge in [0.25, 0.3) is 0 Å². The van der Waals surface area contributed by atoms with Crippen LogP contribution in [0.1, 0.15) is 30.4 Å². The fraction of sp³-hybridized carbons (Fsp3) is 0.583. The van der Waals surface area contributed by atoms with Crippen LogP contribution in [0.4, 0.5) is 5.82 Å². The van der Waals surface area contributed by atoms with Gasteiger partial charge in [-0.15, -0.1) is 0 Å². The SMILES string of the molecule is COc1cc(C)c(S(=O)(=O)N2CCCCC2COc2nccc(N3CCN(C)CC3)n2)c(C)c1. The van der Waals surface area contributed by atoms with E-state index in [0.717, 1.165) is 51.3 Å². The smallest absolute Gasteiger partial charge is 0.318 e. The van der Waals surface area contributed by atoms with Gasteiger partial charge < -0.3 is 19.3 Å². The standard InChI is InChI=1S/C24H35N5O4S/c1-18-15-21(32-4)16-19(2)23(18)34(30,31)29-10-6-5-7-20(29)17-33-24-25-9-8-22(26-24)28-13-11-27(3)12-14-28/h8-9,15-16,20H,5-7,10-14,17H2,1-4H3. The first kappa shape index (κ1) is 24.7. The van der Waals surface area contributed by atoms with Gasteiger partial charge in [0.1, 0.15) is 18.2 Å². The topological polar surface area (TPSA) is 88.1 Å². The molecule has 1 aromatic carbocycles. The molecule has 0 bridgehead atoms. The number of hydrogen-bond donors (Lipinski definition) is 0. The van der Waals surface area contributed by atoms with Gasteiger partial charge in [0, 0.05) is 38.9 Å². The van der Waals surface area contributed by atoms with Crippen LogP contribution in [-0.2, 0) is 10.0 Å². The van der Waals surface area contributed by atoms with Crippen molar-refractivity contribution >= 4 is 15.8 Å². The van der Waals surface area contributed by atoms with Crippen LogP contribution in [0.15, 0.2) is 29.3 Å². The second kappa shape index (κ2) is 10.5. The molecule has 186 valence electrons. The van der Waals surface area contributed by atoms with E-state index in [4.69, 9.17) is 9.47 Å². The molecule has 2 aliphatic rings. The summed E-state index contributed by atoms with van der Waals surface area (Å²) in [7, 11) is 0.0120. The molecule has 0 amide bonds. The van der Waals surface area contributed by atoms with Gasteiger partial charge in [-0.1, -0.05) is 6.42 Å². The number of likely N-dealkylation sites (N-methyl/N-ethyl adjacent to an activating group) is 1. The van der Waals surface area contributed by atoms with Crippen molar-refractivity contribution in [3.8, 4) is 11.8 Å². The number of sulfonamides is 1. The number of benzene rings is 1. The van der Waals surface area contributed by atoms with E-state index >= 15 is 0 Å². The van der Waals surface area contributed by atoms with Crippen molar-refractivity contribution in [1.82, 2.24) is 19.2 Å². The molecule has 2 aromatic rings. The average molecular weight is 490 g/mol. The third kappa shape index (κ3) is 5.29. The minimum Gasteiger partial charge on any atom is -0.497 e. The maximum absolute atomic E-state index is 13.7. The van der Waals surface area contributed by atoms with E-state index in [-0.39, 0.29) is 18.7 Å². The Morgan fingerprint density at radius 1 is 1.06 bits per heavy atom. The van der Waals surface area contributed by atoms with Crippen molar-refractivity contribution in [2.75, 3.05) is 58.4 Å². The van der Waals surface area contributed by atoms with E-state index in [1.165, 1.54) is 0 Å². The van der Waals surface area contributed by atoms with Crippen molar-refractivity contribution in [1.29, 1.82) is 0 Å². The molecular formula is C24H35N5O4S. The van der Waals surface area contributed by atoms with Gasteiger partial charge in [0.05, 0.1) is 18.0 Å². The first-order chi connectivity index (χ1) is 16.3. The molecule has 0 saturated carbocycles. The highest BCUT2D eigenvalue weighted by Gasteiger charge is 2.36. The van der Waals surface area contributed by atoms with E-state index in [2.05, 4.69) is 26.8 Å². The zero-order valence-corrected chi connectivity index (χ0v) is 21.3. The maximum atomic E-state index is 13.7. The molecule has 2 fully saturated rings. The van der Waals surface area contributed by atoms with E-state index in [9.17, 15) is 8.42 Å². The Labute approximate surface area is 202 Å². The van der Waals surface area contributed by atoms with Gasteiger partial charge in [-0.25, -0.2) is 13.4 Å². The van der Waals surface area contributed by atoms with Crippen LogP contribution < -0.4 is 14.4 Å². The molecular weight excluding hydrogens is 454 g/mol. The fourth-order valence-electron chi connectivity index (χ4n) is 4.79. The van der Waals surface area contributed by atoms with Gasteiger partial charge in [-0.05, 0) is 63.1 Å². The van der Waals surface area contributed by atoms with Crippen LogP contribution in [0, 0.1) is 13.8 Å². The molecule has 1 unspecified atom stereocenters. The number of ether oxygens (including phenoxy) is 2. The molecule has 2 aliphatic heterocycles. The second-order valence-corrected chi connectivity index (χ2v) is 11.0. The van der Waals surface area contributed by atoms with E-state index in [1.54, 1.807) is 29.7 Å². The number of aryl methyl sites for hydroxylation is 2. The summed E-state index contributed by atoms with van der Waals surface area (Å²) in [4.78, 5) is 13.7. The molecule has 2 saturated heterocycles. The zero-order valence-electron chi connectivity index (χ0n) is 20.5. The molecule has 0 radical (unpaired) electrons. The lowest BCUT2D eigenvalue weighted by molar-refractivity contribution is 0.161. The Morgan fingerprint density at radius 2 is 1.76 bits per heavy atom. The van der Waals surface area contributed by atoms with E-state index in [0.29, 0.717) is 28.3 Å². The Kier molecular flexibility index (Phi) is 7.59. The monoisotopic (exact) mass is 489 g/mol. The number of rotatable bonds is 7. The summed E-state index contributed by atoms with van der Waals surface area (Å²) >= 11 is 0. The minimum atomic E-state index is -3.69. The maximum Gasteiger partial charge on any atom is 0.318 e. The summed E-state index contributed by atoms with van der Waals surface area (Å²) in [5.41, 5.74) is 1.37. The summed E-state index contributed by atoms with van der Waals surface area (Å²) in [6.07, 6.45) is 4.24. The van der Waals surface area contributed by atoms with Gasteiger partial charge in [0.15, 0.2) is 0 Å². The summed E-state index contributed by atoms with van der Waals surface area (Å²) < 4.78 is 40.3. The predicted molar refractivity (Wildman–Crippen MR) is 131 cm³/mol. The number of piperazine rings is 1. The van der Waals surface area contributed by atoms with E-state index in [1.807, 2.05) is 19.9 Å². The predicted octanol–water partition coefficient (Wildman–Crippen LogP) is 2.48. The second-order valence-electron chi connectivity index (χ2n) is 9.15. The largest absolute Gasteiger partial charge is 0.497 e. The number of nitrogens with zero attached hydrogens (tertiary/aromatic N) is 5. The Hall–Kier alpha value is -2.43. The first-order valence-electron chi connectivity index (χ1n) is 11.9. The number of anilines is 1. The zero-order chi connectivity index (χ0) is 24.3. The number of aromatic nitrogens is 2. The van der Waals surface area contributed by atoms with Crippen LogP contribution >= 0.6 is 0 Å². The van der Waals surface area contributed by atoms with Crippen molar-refractivity contribution in [2.45, 2.75) is 44.0 Å². The molecule has 4 rings (SSSR count). The lowest BCUT2D eigenvalue weighted by Crippen LogP contribution is -2.47. The quantitative estimate of drug-likeness (QED) is 0.586. The molecule has 1 atom stereocenters. The summed E-state index contributed by atoms with van der Waals surface area (Å²) in [6, 6.07) is 5.46. The first-order valence-corrected chi connectivity index (χ1v) is 13.3. The van der Waals surface area contributed by atoms with E-state index < -0.39 is 10.0 Å². The lowest BCUT2D eigenvalue weighted by Gasteiger charge is -2.35. The number of piperidine rings is 1. The van der Waals surface area contributed by atoms with Gasteiger partial charge in [0.2, 0.25) is 10.0 Å². The Bertz CT molecular complexity index is 1080. The third-order valence-corrected chi connectivity index (χ3v) is 8.92. The highest BCUT2D eigenvalue weighted by Crippen LogP contribution is 2.32. The molecule has 0 spiro atoms. The highest BCUT2D eigenvalue weighted by atomic mass is 32.2. The molecule has 9 nitrogen and oxygen atoms in total. The fourth-order valence-corrected chi connectivity index (χ4v) is 6.89. The summed E-state index contributed by atoms with van der Waals surface area (Å²) in [6.45, 7) is 8.11. The molecule has 0 aliphatic carbocycles. The lowest BCUT2D eigenvalue weighted by atomic mass is 10.1. The summed E-state index contributed by atoms with van der Waals surface area (Å²) in [5.74, 6) is 1.50. The van der Waals surface area contributed by atoms with Crippen LogP contribution in [0.2, 0.25) is 0 Å². The van der Waals surface area contributed by atoms with Gasteiger partial charge >= 0.3 is 6.01 Å². The van der Waals surface area contributed by atoms with Crippen LogP contribution in [-0.4, -0.2) is 87.1 Å². The number of methoxy groups -OCH3 is 1. The number of hydrogen-bond acceptors (Lipinski definition) is 8. The molecule has 3 heterocycles. The van der Waals surface area contributed by atoms with Crippen molar-refractivity contribution in [3.05, 3.63) is 35.5 Å². The summed E-state index contributed by atoms with van der Waals surface area (Å²) in [5, 5.41) is 0. The van der Waals surface area contributed by atoms with Crippen LogP contribution in [0.5, 0.6) is 11.8 Å². The molecule has 0 N–H and O–H groups in total. The normalized spacial score (nSPS) is 20.4. The Morgan fingerprint density at radius 3 is 2.44 bits per heavy atom. The minimum absolute atomic E-state index is 0.222. The third-order valence-electron chi connectivity index (χ3n) is 6.66. The highest BCUT2D eigenvalue weighted by molar-refractivity contribution is 7.89. The molecule has 34 heavy (non-hydrogen) atoms. The average Bonchev–Trinajstić information content (AvgIpc) is 2.83. The molecule has 1 aromatic heterocycles. The van der Waals surface area contributed by atoms with Crippen LogP contribution in [0.25, 0.3) is 0 Å². The molecule has 10 heteroatoms. The van der Waals surface area contributed by atoms with Gasteiger partial charge in [-0.3, -0.25) is 0 Å². The van der Waals surface area contributed by atoms with Gasteiger partial charge in [-0.2, -0.15) is 9.29 Å². The van der Waals surface area contributed by atoms with Crippen molar-refractivity contribution in [2.24, 2.45) is 0 Å².